The molecule has 0 fully saturated rings. The molecule has 1 aromatic carbocycles. The molecule has 2 rings (SSSR count). The molecule has 5 heteroatoms. The van der Waals surface area contributed by atoms with E-state index in [4.69, 9.17) is 4.74 Å². The zero-order chi connectivity index (χ0) is 13.9. The number of hydrogen-bond acceptors (Lipinski definition) is 4. The van der Waals surface area contributed by atoms with Crippen molar-refractivity contribution in [3.8, 4) is 11.8 Å². The van der Waals surface area contributed by atoms with Crippen LogP contribution in [0.2, 0.25) is 0 Å². The third-order valence-electron chi connectivity index (χ3n) is 3.68. The molecule has 0 saturated carbocycles. The molecule has 0 aromatic heterocycles. The van der Waals surface area contributed by atoms with Gasteiger partial charge in [0.1, 0.15) is 15.6 Å². The molecule has 102 valence electrons. The standard InChI is InChI=1S/C14H17NO3S/c1-2-19(16,17)10-8-14(11-15)7-9-18-13-6-4-3-5-12(13)14/h3-6H,2,7-10H2,1H3. The van der Waals surface area contributed by atoms with Crippen molar-refractivity contribution in [2.45, 2.75) is 25.2 Å². The van der Waals surface area contributed by atoms with Gasteiger partial charge in [0, 0.05) is 17.7 Å². The van der Waals surface area contributed by atoms with Gasteiger partial charge in [0.05, 0.1) is 23.8 Å². The Morgan fingerprint density at radius 2 is 2.16 bits per heavy atom. The monoisotopic (exact) mass is 279 g/mol. The van der Waals surface area contributed by atoms with Crippen molar-refractivity contribution in [3.05, 3.63) is 29.8 Å². The van der Waals surface area contributed by atoms with Crippen LogP contribution in [0.15, 0.2) is 24.3 Å². The molecule has 0 saturated heterocycles. The predicted molar refractivity (Wildman–Crippen MR) is 72.8 cm³/mol. The predicted octanol–water partition coefficient (Wildman–Crippen LogP) is 2.06. The Morgan fingerprint density at radius 1 is 1.42 bits per heavy atom. The Labute approximate surface area is 113 Å². The SMILES string of the molecule is CCS(=O)(=O)CCC1(C#N)CCOc2ccccc21. The molecular weight excluding hydrogens is 262 g/mol. The van der Waals surface area contributed by atoms with E-state index >= 15 is 0 Å². The smallest absolute Gasteiger partial charge is 0.150 e. The third kappa shape index (κ3) is 2.74. The Balaban J connectivity index is 2.33. The molecule has 1 heterocycles. The molecular formula is C14H17NO3S. The van der Waals surface area contributed by atoms with E-state index in [9.17, 15) is 13.7 Å². The van der Waals surface area contributed by atoms with Crippen molar-refractivity contribution in [2.75, 3.05) is 18.1 Å². The van der Waals surface area contributed by atoms with Gasteiger partial charge in [-0.05, 0) is 12.5 Å². The highest BCUT2D eigenvalue weighted by Gasteiger charge is 2.38. The van der Waals surface area contributed by atoms with Crippen molar-refractivity contribution >= 4 is 9.84 Å². The lowest BCUT2D eigenvalue weighted by Gasteiger charge is -2.33. The van der Waals surface area contributed by atoms with Gasteiger partial charge in [-0.15, -0.1) is 0 Å². The van der Waals surface area contributed by atoms with E-state index in [1.165, 1.54) is 0 Å². The summed E-state index contributed by atoms with van der Waals surface area (Å²) in [5.74, 6) is 0.863. The third-order valence-corrected chi connectivity index (χ3v) is 5.39. The summed E-state index contributed by atoms with van der Waals surface area (Å²) in [6, 6.07) is 9.72. The lowest BCUT2D eigenvalue weighted by molar-refractivity contribution is 0.239. The van der Waals surface area contributed by atoms with E-state index in [-0.39, 0.29) is 11.5 Å². The summed E-state index contributed by atoms with van der Waals surface area (Å²) in [6.07, 6.45) is 0.875. The molecule has 4 nitrogen and oxygen atoms in total. The highest BCUT2D eigenvalue weighted by Crippen LogP contribution is 2.40. The number of para-hydroxylation sites is 1. The van der Waals surface area contributed by atoms with Crippen LogP contribution in [0.4, 0.5) is 0 Å². The first-order chi connectivity index (χ1) is 9.03. The highest BCUT2D eigenvalue weighted by molar-refractivity contribution is 7.91. The van der Waals surface area contributed by atoms with Crippen LogP contribution in [0.3, 0.4) is 0 Å². The van der Waals surface area contributed by atoms with Crippen LogP contribution >= 0.6 is 0 Å². The Bertz CT molecular complexity index is 603. The van der Waals surface area contributed by atoms with E-state index < -0.39 is 15.3 Å². The Morgan fingerprint density at radius 3 is 2.84 bits per heavy atom. The number of hydrogen-bond donors (Lipinski definition) is 0. The van der Waals surface area contributed by atoms with Gasteiger partial charge in [0.25, 0.3) is 0 Å². The number of ether oxygens (including phenoxy) is 1. The van der Waals surface area contributed by atoms with E-state index in [0.717, 1.165) is 5.56 Å². The summed E-state index contributed by atoms with van der Waals surface area (Å²) in [5, 5.41) is 9.56. The Hall–Kier alpha value is -1.54. The molecule has 19 heavy (non-hydrogen) atoms. The molecule has 0 radical (unpaired) electrons. The van der Waals surface area contributed by atoms with Crippen LogP contribution in [-0.2, 0) is 15.3 Å². The zero-order valence-electron chi connectivity index (χ0n) is 10.9. The quantitative estimate of drug-likeness (QED) is 0.846. The average molecular weight is 279 g/mol. The maximum absolute atomic E-state index is 11.7. The summed E-state index contributed by atoms with van der Waals surface area (Å²) < 4.78 is 28.9. The van der Waals surface area contributed by atoms with Gasteiger partial charge in [-0.1, -0.05) is 25.1 Å². The summed E-state index contributed by atoms with van der Waals surface area (Å²) in [5.41, 5.74) is 0.0759. The van der Waals surface area contributed by atoms with Crippen LogP contribution in [0.5, 0.6) is 5.75 Å². The van der Waals surface area contributed by atoms with Crippen molar-refractivity contribution < 1.29 is 13.2 Å². The number of rotatable bonds is 4. The largest absolute Gasteiger partial charge is 0.493 e. The summed E-state index contributed by atoms with van der Waals surface area (Å²) in [7, 11) is -3.06. The summed E-state index contributed by atoms with van der Waals surface area (Å²) in [6.45, 7) is 2.09. The minimum Gasteiger partial charge on any atom is -0.493 e. The van der Waals surface area contributed by atoms with Crippen LogP contribution in [-0.4, -0.2) is 26.5 Å². The molecule has 0 N–H and O–H groups in total. The molecule has 1 unspecified atom stereocenters. The number of nitriles is 1. The lowest BCUT2D eigenvalue weighted by Crippen LogP contribution is -2.33. The van der Waals surface area contributed by atoms with Crippen molar-refractivity contribution in [1.82, 2.24) is 0 Å². The van der Waals surface area contributed by atoms with Gasteiger partial charge >= 0.3 is 0 Å². The van der Waals surface area contributed by atoms with Gasteiger partial charge in [-0.2, -0.15) is 5.26 Å². The lowest BCUT2D eigenvalue weighted by atomic mass is 9.75. The minimum absolute atomic E-state index is 0.0470. The van der Waals surface area contributed by atoms with Crippen LogP contribution in [0.25, 0.3) is 0 Å². The van der Waals surface area contributed by atoms with E-state index in [1.54, 1.807) is 6.92 Å². The second-order valence-electron chi connectivity index (χ2n) is 4.77. The van der Waals surface area contributed by atoms with Crippen LogP contribution in [0, 0.1) is 11.3 Å². The van der Waals surface area contributed by atoms with Crippen molar-refractivity contribution in [1.29, 1.82) is 5.26 Å². The van der Waals surface area contributed by atoms with Gasteiger partial charge < -0.3 is 4.74 Å². The second-order valence-corrected chi connectivity index (χ2v) is 7.25. The van der Waals surface area contributed by atoms with Gasteiger partial charge in [-0.3, -0.25) is 0 Å². The van der Waals surface area contributed by atoms with Crippen molar-refractivity contribution in [2.24, 2.45) is 0 Å². The fourth-order valence-corrected chi connectivity index (χ4v) is 3.31. The topological polar surface area (TPSA) is 67.2 Å². The normalized spacial score (nSPS) is 22.1. The molecule has 1 aromatic rings. The summed E-state index contributed by atoms with van der Waals surface area (Å²) >= 11 is 0. The first-order valence-electron chi connectivity index (χ1n) is 6.37. The zero-order valence-corrected chi connectivity index (χ0v) is 11.7. The molecule has 1 aliphatic heterocycles. The minimum atomic E-state index is -3.06. The van der Waals surface area contributed by atoms with Crippen LogP contribution < -0.4 is 4.74 Å². The van der Waals surface area contributed by atoms with E-state index in [1.807, 2.05) is 24.3 Å². The van der Waals surface area contributed by atoms with Gasteiger partial charge in [0.15, 0.2) is 0 Å². The maximum Gasteiger partial charge on any atom is 0.150 e. The summed E-state index contributed by atoms with van der Waals surface area (Å²) in [4.78, 5) is 0. The molecule has 1 aliphatic rings. The van der Waals surface area contributed by atoms with Crippen LogP contribution in [0.1, 0.15) is 25.3 Å². The van der Waals surface area contributed by atoms with Gasteiger partial charge in [0.2, 0.25) is 0 Å². The average Bonchev–Trinajstić information content (AvgIpc) is 2.45. The molecule has 0 amide bonds. The first-order valence-corrected chi connectivity index (χ1v) is 8.19. The first kappa shape index (κ1) is 13.9. The fraction of sp³-hybridized carbons (Fsp3) is 0.500. The Kier molecular flexibility index (Phi) is 3.81. The number of benzene rings is 1. The highest BCUT2D eigenvalue weighted by atomic mass is 32.2. The molecule has 0 aliphatic carbocycles. The number of sulfone groups is 1. The van der Waals surface area contributed by atoms with Gasteiger partial charge in [-0.25, -0.2) is 8.42 Å². The van der Waals surface area contributed by atoms with E-state index in [2.05, 4.69) is 6.07 Å². The maximum atomic E-state index is 11.7. The number of nitrogens with zero attached hydrogens (tertiary/aromatic N) is 1. The van der Waals surface area contributed by atoms with E-state index in [0.29, 0.717) is 25.2 Å². The number of fused-ring (bicyclic) bond motifs is 1. The molecule has 1 atom stereocenters. The second kappa shape index (κ2) is 5.22. The van der Waals surface area contributed by atoms with Crippen molar-refractivity contribution in [3.63, 3.8) is 0 Å². The molecule has 0 bridgehead atoms. The molecule has 0 spiro atoms. The fourth-order valence-electron chi connectivity index (χ4n) is 2.36.